The molecule has 0 aromatic carbocycles. The second-order valence-corrected chi connectivity index (χ2v) is 7.63. The lowest BCUT2D eigenvalue weighted by atomic mass is 9.59. The quantitative estimate of drug-likeness (QED) is 0.719. The third kappa shape index (κ3) is 1.17. The van der Waals surface area contributed by atoms with Crippen LogP contribution in [0.1, 0.15) is 19.8 Å². The van der Waals surface area contributed by atoms with E-state index in [0.717, 1.165) is 6.42 Å². The average molecular weight is 288 g/mol. The lowest BCUT2D eigenvalue weighted by molar-refractivity contribution is -0.125. The Bertz CT molecular complexity index is 557. The first-order valence-corrected chi connectivity index (χ1v) is 8.45. The van der Waals surface area contributed by atoms with Crippen LogP contribution in [0.4, 0.5) is 0 Å². The SMILES string of the molecule is CCC(=O)C1CC2OC1C1C3OC(C4C5C=CC(O5)C34)C21. The molecule has 6 aliphatic heterocycles. The first-order valence-electron chi connectivity index (χ1n) is 8.45. The summed E-state index contributed by atoms with van der Waals surface area (Å²) in [6.45, 7) is 1.97. The average Bonchev–Trinajstić information content (AvgIpc) is 3.31. The molecule has 4 nitrogen and oxygen atoms in total. The number of ketones is 1. The normalized spacial score (nSPS) is 64.3. The molecular formula is C17H20O4. The van der Waals surface area contributed by atoms with Crippen LogP contribution in [0.15, 0.2) is 12.2 Å². The van der Waals surface area contributed by atoms with Gasteiger partial charge in [-0.25, -0.2) is 0 Å². The molecule has 0 aromatic heterocycles. The van der Waals surface area contributed by atoms with E-state index >= 15 is 0 Å². The first kappa shape index (κ1) is 11.8. The van der Waals surface area contributed by atoms with Crippen LogP contribution in [0, 0.1) is 29.6 Å². The smallest absolute Gasteiger partial charge is 0.138 e. The van der Waals surface area contributed by atoms with Crippen molar-refractivity contribution in [3.8, 4) is 0 Å². The summed E-state index contributed by atoms with van der Waals surface area (Å²) in [5, 5.41) is 0. The number of Topliss-reactive ketones (excluding diaryl/α,β-unsaturated/α-hetero) is 1. The van der Waals surface area contributed by atoms with Crippen molar-refractivity contribution in [1.82, 2.24) is 0 Å². The first-order chi connectivity index (χ1) is 10.3. The summed E-state index contributed by atoms with van der Waals surface area (Å²) in [4.78, 5) is 12.2. The summed E-state index contributed by atoms with van der Waals surface area (Å²) in [5.74, 6) is 2.49. The molecule has 11 unspecified atom stereocenters. The van der Waals surface area contributed by atoms with Crippen molar-refractivity contribution in [3.63, 3.8) is 0 Å². The second kappa shape index (κ2) is 3.61. The third-order valence-electron chi connectivity index (χ3n) is 7.07. The number of fused-ring (bicyclic) bond motifs is 16. The van der Waals surface area contributed by atoms with Gasteiger partial charge in [-0.2, -0.15) is 0 Å². The van der Waals surface area contributed by atoms with Crippen LogP contribution in [0.2, 0.25) is 0 Å². The van der Waals surface area contributed by atoms with E-state index in [9.17, 15) is 4.79 Å². The Morgan fingerprint density at radius 2 is 1.67 bits per heavy atom. The number of rotatable bonds is 2. The lowest BCUT2D eigenvalue weighted by Crippen LogP contribution is -2.50. The van der Waals surface area contributed by atoms with E-state index in [0.29, 0.717) is 42.0 Å². The summed E-state index contributed by atoms with van der Waals surface area (Å²) in [6.07, 6.45) is 7.43. The molecule has 5 fully saturated rings. The van der Waals surface area contributed by atoms with E-state index < -0.39 is 0 Å². The highest BCUT2D eigenvalue weighted by atomic mass is 16.6. The summed E-state index contributed by atoms with van der Waals surface area (Å²) < 4.78 is 18.7. The minimum absolute atomic E-state index is 0.117. The number of hydrogen-bond donors (Lipinski definition) is 0. The summed E-state index contributed by atoms with van der Waals surface area (Å²) in [7, 11) is 0. The van der Waals surface area contributed by atoms with E-state index in [1.165, 1.54) is 0 Å². The van der Waals surface area contributed by atoms with Crippen LogP contribution in [-0.4, -0.2) is 42.4 Å². The maximum Gasteiger partial charge on any atom is 0.138 e. The van der Waals surface area contributed by atoms with Gasteiger partial charge in [0.1, 0.15) is 5.78 Å². The van der Waals surface area contributed by atoms with Crippen LogP contribution < -0.4 is 0 Å². The minimum Gasteiger partial charge on any atom is -0.373 e. The number of carbonyl (C=O) groups is 1. The van der Waals surface area contributed by atoms with Crippen molar-refractivity contribution < 1.29 is 19.0 Å². The van der Waals surface area contributed by atoms with E-state index in [4.69, 9.17) is 14.2 Å². The Morgan fingerprint density at radius 3 is 2.38 bits per heavy atom. The van der Waals surface area contributed by atoms with Gasteiger partial charge in [-0.15, -0.1) is 0 Å². The zero-order chi connectivity index (χ0) is 13.9. The van der Waals surface area contributed by atoms with Gasteiger partial charge in [0.2, 0.25) is 0 Å². The Hall–Kier alpha value is -0.710. The molecule has 0 radical (unpaired) electrons. The molecule has 5 saturated heterocycles. The fourth-order valence-electron chi connectivity index (χ4n) is 6.46. The van der Waals surface area contributed by atoms with Crippen molar-refractivity contribution in [2.75, 3.05) is 0 Å². The largest absolute Gasteiger partial charge is 0.373 e. The predicted octanol–water partition coefficient (Wildman–Crippen LogP) is 1.34. The summed E-state index contributed by atoms with van der Waals surface area (Å²) in [6, 6.07) is 0. The van der Waals surface area contributed by atoms with Crippen LogP contribution in [0.25, 0.3) is 0 Å². The van der Waals surface area contributed by atoms with Gasteiger partial charge in [0.15, 0.2) is 0 Å². The van der Waals surface area contributed by atoms with Crippen LogP contribution >= 0.6 is 0 Å². The van der Waals surface area contributed by atoms with E-state index in [-0.39, 0.29) is 36.4 Å². The Kier molecular flexibility index (Phi) is 2.03. The fourth-order valence-corrected chi connectivity index (χ4v) is 6.46. The maximum atomic E-state index is 12.2. The van der Waals surface area contributed by atoms with Gasteiger partial charge in [-0.05, 0) is 6.42 Å². The highest BCUT2D eigenvalue weighted by Gasteiger charge is 2.74. The highest BCUT2D eigenvalue weighted by molar-refractivity contribution is 5.82. The predicted molar refractivity (Wildman–Crippen MR) is 72.5 cm³/mol. The monoisotopic (exact) mass is 288 g/mol. The van der Waals surface area contributed by atoms with Gasteiger partial charge in [-0.1, -0.05) is 19.1 Å². The molecule has 21 heavy (non-hydrogen) atoms. The maximum absolute atomic E-state index is 12.2. The van der Waals surface area contributed by atoms with Crippen molar-refractivity contribution in [3.05, 3.63) is 12.2 Å². The lowest BCUT2D eigenvalue weighted by Gasteiger charge is -2.39. The van der Waals surface area contributed by atoms with Gasteiger partial charge in [0.05, 0.1) is 36.6 Å². The molecule has 6 rings (SSSR count). The molecule has 0 amide bonds. The van der Waals surface area contributed by atoms with Crippen LogP contribution in [0.3, 0.4) is 0 Å². The van der Waals surface area contributed by atoms with E-state index in [1.807, 2.05) is 6.92 Å². The molecule has 6 heterocycles. The molecule has 0 aliphatic carbocycles. The summed E-state index contributed by atoms with van der Waals surface area (Å²) >= 11 is 0. The van der Waals surface area contributed by atoms with Crippen molar-refractivity contribution in [2.45, 2.75) is 56.4 Å². The highest BCUT2D eigenvalue weighted by Crippen LogP contribution is 2.65. The van der Waals surface area contributed by atoms with Gasteiger partial charge in [0, 0.05) is 36.0 Å². The van der Waals surface area contributed by atoms with Crippen molar-refractivity contribution >= 4 is 5.78 Å². The molecule has 4 heteroatoms. The number of hydrogen-bond acceptors (Lipinski definition) is 4. The molecule has 6 bridgehead atoms. The second-order valence-electron chi connectivity index (χ2n) is 7.63. The fraction of sp³-hybridized carbons (Fsp3) is 0.824. The van der Waals surface area contributed by atoms with Gasteiger partial charge in [0.25, 0.3) is 0 Å². The van der Waals surface area contributed by atoms with Gasteiger partial charge >= 0.3 is 0 Å². The topological polar surface area (TPSA) is 44.8 Å². The molecule has 6 aliphatic rings. The Balaban J connectivity index is 1.37. The molecule has 0 N–H and O–H groups in total. The molecule has 0 saturated carbocycles. The van der Waals surface area contributed by atoms with Crippen molar-refractivity contribution in [2.24, 2.45) is 29.6 Å². The molecule has 112 valence electrons. The van der Waals surface area contributed by atoms with E-state index in [2.05, 4.69) is 12.2 Å². The number of ether oxygens (including phenoxy) is 3. The molecule has 0 spiro atoms. The summed E-state index contributed by atoms with van der Waals surface area (Å²) in [5.41, 5.74) is 0. The zero-order valence-corrected chi connectivity index (χ0v) is 12.1. The zero-order valence-electron chi connectivity index (χ0n) is 12.1. The standard InChI is InChI=1S/C17H20O4/c1-2-7(18)6-5-10-13-14(15(6)20-10)17-12-9-4-3-8(19-9)11(12)16(13)21-17/h3-4,6,8-17H,2,5H2,1H3. The van der Waals surface area contributed by atoms with Crippen LogP contribution in [0.5, 0.6) is 0 Å². The Labute approximate surface area is 123 Å². The number of carbonyl (C=O) groups excluding carboxylic acids is 1. The molecule has 11 atom stereocenters. The third-order valence-corrected chi connectivity index (χ3v) is 7.07. The molecule has 0 aromatic rings. The van der Waals surface area contributed by atoms with Crippen LogP contribution in [-0.2, 0) is 19.0 Å². The Morgan fingerprint density at radius 1 is 0.952 bits per heavy atom. The van der Waals surface area contributed by atoms with E-state index in [1.54, 1.807) is 0 Å². The molecular weight excluding hydrogens is 268 g/mol. The van der Waals surface area contributed by atoms with Gasteiger partial charge < -0.3 is 14.2 Å². The van der Waals surface area contributed by atoms with Gasteiger partial charge in [-0.3, -0.25) is 4.79 Å². The minimum atomic E-state index is 0.117. The van der Waals surface area contributed by atoms with Crippen molar-refractivity contribution in [1.29, 1.82) is 0 Å².